The summed E-state index contributed by atoms with van der Waals surface area (Å²) in [6, 6.07) is 6.81. The van der Waals surface area contributed by atoms with Crippen molar-refractivity contribution in [2.45, 2.75) is 26.2 Å². The molecule has 1 fully saturated rings. The number of rotatable bonds is 7. The number of amides is 2. The Morgan fingerprint density at radius 1 is 1.04 bits per heavy atom. The molecule has 1 aliphatic heterocycles. The first kappa shape index (κ1) is 18.9. The molecule has 0 spiro atoms. The Morgan fingerprint density at radius 2 is 1.78 bits per heavy atom. The first-order chi connectivity index (χ1) is 13.2. The van der Waals surface area contributed by atoms with Crippen molar-refractivity contribution in [3.63, 3.8) is 0 Å². The summed E-state index contributed by atoms with van der Waals surface area (Å²) in [5.41, 5.74) is 0.319. The topological polar surface area (TPSA) is 91.6 Å². The van der Waals surface area contributed by atoms with Crippen LogP contribution in [0.4, 0.5) is 5.82 Å². The number of carbonyl (C=O) groups is 2. The molecule has 0 atom stereocenters. The number of nitrogens with one attached hydrogen (secondary N) is 1. The smallest absolute Gasteiger partial charge is 0.289 e. The third-order valence-corrected chi connectivity index (χ3v) is 4.56. The van der Waals surface area contributed by atoms with Gasteiger partial charge in [-0.25, -0.2) is 0 Å². The highest BCUT2D eigenvalue weighted by Gasteiger charge is 2.27. The summed E-state index contributed by atoms with van der Waals surface area (Å²) in [6.07, 6.45) is 4.90. The van der Waals surface area contributed by atoms with Gasteiger partial charge in [0, 0.05) is 32.7 Å². The predicted octanol–water partition coefficient (Wildman–Crippen LogP) is 2.27. The van der Waals surface area contributed by atoms with E-state index < -0.39 is 0 Å². The van der Waals surface area contributed by atoms with Gasteiger partial charge in [-0.2, -0.15) is 0 Å². The molecule has 2 amide bonds. The van der Waals surface area contributed by atoms with E-state index in [1.54, 1.807) is 34.1 Å². The molecule has 144 valence electrons. The average Bonchev–Trinajstić information content (AvgIpc) is 3.26. The van der Waals surface area contributed by atoms with Crippen LogP contribution in [-0.4, -0.2) is 64.5 Å². The van der Waals surface area contributed by atoms with Gasteiger partial charge in [0.25, 0.3) is 11.8 Å². The molecule has 8 heteroatoms. The Balaban J connectivity index is 1.49. The molecule has 1 N–H and O–H groups in total. The molecular formula is C19H25N5O3. The fourth-order valence-electron chi connectivity index (χ4n) is 2.96. The van der Waals surface area contributed by atoms with E-state index in [9.17, 15) is 9.59 Å². The number of unbranched alkanes of at least 4 members (excludes halogenated alkanes) is 2. The summed E-state index contributed by atoms with van der Waals surface area (Å²) in [4.78, 5) is 28.3. The van der Waals surface area contributed by atoms with E-state index in [0.29, 0.717) is 43.5 Å². The van der Waals surface area contributed by atoms with Crippen molar-refractivity contribution < 1.29 is 14.0 Å². The second-order valence-electron chi connectivity index (χ2n) is 6.50. The predicted molar refractivity (Wildman–Crippen MR) is 101 cm³/mol. The Bertz CT molecular complexity index is 737. The minimum absolute atomic E-state index is 0.148. The van der Waals surface area contributed by atoms with E-state index >= 15 is 0 Å². The molecule has 8 nitrogen and oxygen atoms in total. The minimum atomic E-state index is -0.162. The summed E-state index contributed by atoms with van der Waals surface area (Å²) in [5, 5.41) is 11.3. The van der Waals surface area contributed by atoms with Gasteiger partial charge in [0.15, 0.2) is 11.5 Å². The van der Waals surface area contributed by atoms with Crippen LogP contribution < -0.4 is 5.32 Å². The normalized spacial score (nSPS) is 14.3. The van der Waals surface area contributed by atoms with Gasteiger partial charge in [-0.15, -0.1) is 10.2 Å². The highest BCUT2D eigenvalue weighted by molar-refractivity contribution is 5.93. The average molecular weight is 371 g/mol. The number of aromatic nitrogens is 2. The van der Waals surface area contributed by atoms with Gasteiger partial charge < -0.3 is 19.5 Å². The van der Waals surface area contributed by atoms with Crippen LogP contribution >= 0.6 is 0 Å². The molecule has 0 unspecified atom stereocenters. The van der Waals surface area contributed by atoms with E-state index in [-0.39, 0.29) is 11.8 Å². The van der Waals surface area contributed by atoms with Crippen molar-refractivity contribution in [1.82, 2.24) is 20.0 Å². The van der Waals surface area contributed by atoms with Crippen molar-refractivity contribution in [3.8, 4) is 0 Å². The largest absolute Gasteiger partial charge is 0.459 e. The third-order valence-electron chi connectivity index (χ3n) is 4.56. The molecule has 3 heterocycles. The van der Waals surface area contributed by atoms with E-state index in [2.05, 4.69) is 22.4 Å². The molecular weight excluding hydrogens is 346 g/mol. The van der Waals surface area contributed by atoms with Crippen LogP contribution in [0.1, 0.15) is 47.2 Å². The lowest BCUT2D eigenvalue weighted by Gasteiger charge is -2.34. The third kappa shape index (κ3) is 4.84. The minimum Gasteiger partial charge on any atom is -0.459 e. The molecule has 2 aromatic heterocycles. The van der Waals surface area contributed by atoms with Gasteiger partial charge in [-0.3, -0.25) is 9.59 Å². The van der Waals surface area contributed by atoms with Gasteiger partial charge in [0.2, 0.25) is 0 Å². The van der Waals surface area contributed by atoms with E-state index in [0.717, 1.165) is 13.0 Å². The Hall–Kier alpha value is -2.90. The highest BCUT2D eigenvalue weighted by atomic mass is 16.3. The van der Waals surface area contributed by atoms with Gasteiger partial charge in [-0.05, 0) is 30.7 Å². The van der Waals surface area contributed by atoms with Crippen LogP contribution in [0.5, 0.6) is 0 Å². The summed E-state index contributed by atoms with van der Waals surface area (Å²) in [7, 11) is 0. The van der Waals surface area contributed by atoms with Crippen LogP contribution in [0.25, 0.3) is 0 Å². The van der Waals surface area contributed by atoms with Gasteiger partial charge >= 0.3 is 0 Å². The van der Waals surface area contributed by atoms with Crippen molar-refractivity contribution >= 4 is 17.6 Å². The lowest BCUT2D eigenvalue weighted by atomic mass is 10.2. The monoisotopic (exact) mass is 371 g/mol. The Kier molecular flexibility index (Phi) is 6.40. The van der Waals surface area contributed by atoms with Crippen molar-refractivity contribution in [2.75, 3.05) is 38.0 Å². The molecule has 3 rings (SSSR count). The van der Waals surface area contributed by atoms with E-state index in [1.807, 2.05) is 0 Å². The maximum Gasteiger partial charge on any atom is 0.289 e. The Labute approximate surface area is 158 Å². The zero-order valence-corrected chi connectivity index (χ0v) is 15.6. The van der Waals surface area contributed by atoms with Crippen molar-refractivity contribution in [3.05, 3.63) is 42.0 Å². The highest BCUT2D eigenvalue weighted by Crippen LogP contribution is 2.12. The second-order valence-corrected chi connectivity index (χ2v) is 6.50. The van der Waals surface area contributed by atoms with Crippen LogP contribution in [0, 0.1) is 0 Å². The van der Waals surface area contributed by atoms with Crippen LogP contribution in [0.3, 0.4) is 0 Å². The zero-order chi connectivity index (χ0) is 19.1. The molecule has 1 aliphatic rings. The standard InChI is InChI=1S/C19H25N5O3/c1-2-3-4-9-20-17-8-7-15(21-22-17)18(25)23-10-12-24(13-11-23)19(26)16-6-5-14-27-16/h5-8,14H,2-4,9-13H2,1H3,(H,20,22). The molecule has 0 aromatic carbocycles. The quantitative estimate of drug-likeness (QED) is 0.751. The molecule has 27 heavy (non-hydrogen) atoms. The Morgan fingerprint density at radius 3 is 2.37 bits per heavy atom. The fourth-order valence-corrected chi connectivity index (χ4v) is 2.96. The zero-order valence-electron chi connectivity index (χ0n) is 15.6. The maximum absolute atomic E-state index is 12.6. The van der Waals surface area contributed by atoms with Crippen molar-refractivity contribution in [1.29, 1.82) is 0 Å². The molecule has 0 radical (unpaired) electrons. The number of anilines is 1. The van der Waals surface area contributed by atoms with Crippen LogP contribution in [0.2, 0.25) is 0 Å². The SMILES string of the molecule is CCCCCNc1ccc(C(=O)N2CCN(C(=O)c3ccco3)CC2)nn1. The second kappa shape index (κ2) is 9.16. The summed E-state index contributed by atoms with van der Waals surface area (Å²) in [5.74, 6) is 0.690. The maximum atomic E-state index is 12.6. The number of hydrogen-bond acceptors (Lipinski definition) is 6. The first-order valence-electron chi connectivity index (χ1n) is 9.38. The van der Waals surface area contributed by atoms with E-state index in [1.165, 1.54) is 19.1 Å². The number of carbonyl (C=O) groups excluding carboxylic acids is 2. The van der Waals surface area contributed by atoms with Crippen LogP contribution in [0.15, 0.2) is 34.9 Å². The number of piperazine rings is 1. The molecule has 0 saturated carbocycles. The molecule has 1 saturated heterocycles. The number of hydrogen-bond donors (Lipinski definition) is 1. The molecule has 0 bridgehead atoms. The summed E-state index contributed by atoms with van der Waals surface area (Å²) >= 11 is 0. The van der Waals surface area contributed by atoms with E-state index in [4.69, 9.17) is 4.42 Å². The van der Waals surface area contributed by atoms with Gasteiger partial charge in [0.05, 0.1) is 6.26 Å². The van der Waals surface area contributed by atoms with Gasteiger partial charge in [0.1, 0.15) is 5.82 Å². The summed E-state index contributed by atoms with van der Waals surface area (Å²) < 4.78 is 5.15. The fraction of sp³-hybridized carbons (Fsp3) is 0.474. The van der Waals surface area contributed by atoms with Gasteiger partial charge in [-0.1, -0.05) is 19.8 Å². The first-order valence-corrected chi connectivity index (χ1v) is 9.38. The molecule has 2 aromatic rings. The number of nitrogens with zero attached hydrogens (tertiary/aromatic N) is 4. The summed E-state index contributed by atoms with van der Waals surface area (Å²) in [6.45, 7) is 4.87. The molecule has 0 aliphatic carbocycles. The lowest BCUT2D eigenvalue weighted by Crippen LogP contribution is -2.50. The lowest BCUT2D eigenvalue weighted by molar-refractivity contribution is 0.0514. The van der Waals surface area contributed by atoms with Crippen LogP contribution in [-0.2, 0) is 0 Å². The van der Waals surface area contributed by atoms with Crippen molar-refractivity contribution in [2.24, 2.45) is 0 Å². The number of furan rings is 1.